The van der Waals surface area contributed by atoms with E-state index in [-0.39, 0.29) is 0 Å². The van der Waals surface area contributed by atoms with Gasteiger partial charge < -0.3 is 5.73 Å². The van der Waals surface area contributed by atoms with E-state index in [0.717, 1.165) is 29.2 Å². The zero-order chi connectivity index (χ0) is 13.2. The van der Waals surface area contributed by atoms with Gasteiger partial charge in [-0.2, -0.15) is 0 Å². The smallest absolute Gasteiger partial charge is 0.250 e. The molecule has 0 amide bonds. The molecule has 0 atom stereocenters. The minimum Gasteiger partial charge on any atom is -0.326 e. The van der Waals surface area contributed by atoms with Crippen molar-refractivity contribution in [2.24, 2.45) is 11.7 Å². The Bertz CT molecular complexity index is 504. The second kappa shape index (κ2) is 5.69. The van der Waals surface area contributed by atoms with Gasteiger partial charge >= 0.3 is 0 Å². The van der Waals surface area contributed by atoms with E-state index in [1.165, 1.54) is 24.2 Å². The van der Waals surface area contributed by atoms with Crippen LogP contribution < -0.4 is 10.5 Å². The Labute approximate surface area is 113 Å². The molecule has 1 aromatic rings. The topological polar surface area (TPSA) is 72.2 Å². The number of rotatable bonds is 7. The molecule has 1 heterocycles. The lowest BCUT2D eigenvalue weighted by Crippen LogP contribution is -2.24. The first-order valence-corrected chi connectivity index (χ1v) is 8.62. The van der Waals surface area contributed by atoms with Gasteiger partial charge in [-0.1, -0.05) is 12.8 Å². The van der Waals surface area contributed by atoms with Crippen molar-refractivity contribution in [3.63, 3.8) is 0 Å². The van der Waals surface area contributed by atoms with Crippen LogP contribution in [0.25, 0.3) is 0 Å². The van der Waals surface area contributed by atoms with Crippen molar-refractivity contribution in [1.82, 2.24) is 4.72 Å². The summed E-state index contributed by atoms with van der Waals surface area (Å²) in [7, 11) is -3.34. The molecule has 1 aliphatic rings. The van der Waals surface area contributed by atoms with Crippen molar-refractivity contribution < 1.29 is 8.42 Å². The van der Waals surface area contributed by atoms with Crippen molar-refractivity contribution in [2.45, 2.75) is 43.4 Å². The molecule has 2 rings (SSSR count). The summed E-state index contributed by atoms with van der Waals surface area (Å²) >= 11 is 1.27. The van der Waals surface area contributed by atoms with Gasteiger partial charge in [0.2, 0.25) is 10.0 Å². The molecule has 6 heteroatoms. The van der Waals surface area contributed by atoms with Gasteiger partial charge in [-0.25, -0.2) is 13.1 Å². The zero-order valence-electron chi connectivity index (χ0n) is 10.6. The van der Waals surface area contributed by atoms with Crippen LogP contribution in [0.2, 0.25) is 0 Å². The largest absolute Gasteiger partial charge is 0.326 e. The van der Waals surface area contributed by atoms with Crippen LogP contribution in [0, 0.1) is 12.8 Å². The van der Waals surface area contributed by atoms with Crippen LogP contribution in [-0.2, 0) is 16.6 Å². The van der Waals surface area contributed by atoms with E-state index in [1.54, 1.807) is 6.07 Å². The Kier molecular flexibility index (Phi) is 4.42. The Morgan fingerprint density at radius 2 is 2.22 bits per heavy atom. The number of hydrogen-bond acceptors (Lipinski definition) is 4. The van der Waals surface area contributed by atoms with E-state index >= 15 is 0 Å². The summed E-state index contributed by atoms with van der Waals surface area (Å²) in [5.74, 6) is 0.849. The van der Waals surface area contributed by atoms with Crippen LogP contribution in [0.3, 0.4) is 0 Å². The Morgan fingerprint density at radius 3 is 2.78 bits per heavy atom. The average Bonchev–Trinajstić information content (AvgIpc) is 3.06. The predicted molar refractivity (Wildman–Crippen MR) is 74.1 cm³/mol. The highest BCUT2D eigenvalue weighted by atomic mass is 32.2. The highest BCUT2D eigenvalue weighted by molar-refractivity contribution is 7.91. The molecule has 102 valence electrons. The maximum Gasteiger partial charge on any atom is 0.250 e. The highest BCUT2D eigenvalue weighted by Gasteiger charge is 2.21. The number of nitrogens with two attached hydrogens (primary N) is 1. The Hall–Kier alpha value is -0.430. The van der Waals surface area contributed by atoms with Crippen LogP contribution in [0.5, 0.6) is 0 Å². The van der Waals surface area contributed by atoms with E-state index in [2.05, 4.69) is 4.72 Å². The second-order valence-corrected chi connectivity index (χ2v) is 7.99. The summed E-state index contributed by atoms with van der Waals surface area (Å²) in [6, 6.07) is 1.70. The van der Waals surface area contributed by atoms with Gasteiger partial charge in [0.05, 0.1) is 0 Å². The second-order valence-electron chi connectivity index (χ2n) is 4.86. The van der Waals surface area contributed by atoms with E-state index in [0.29, 0.717) is 17.3 Å². The minimum absolute atomic E-state index is 0.381. The zero-order valence-corrected chi connectivity index (χ0v) is 12.2. The molecule has 0 aliphatic heterocycles. The van der Waals surface area contributed by atoms with Crippen molar-refractivity contribution >= 4 is 21.4 Å². The molecule has 4 nitrogen and oxygen atoms in total. The fraction of sp³-hybridized carbons (Fsp3) is 0.667. The van der Waals surface area contributed by atoms with Crippen molar-refractivity contribution in [3.05, 3.63) is 16.5 Å². The molecular formula is C12H20N2O2S2. The number of nitrogens with one attached hydrogen (secondary N) is 1. The molecule has 3 N–H and O–H groups in total. The summed E-state index contributed by atoms with van der Waals surface area (Å²) in [4.78, 5) is 0.938. The van der Waals surface area contributed by atoms with Gasteiger partial charge in [0, 0.05) is 18.0 Å². The van der Waals surface area contributed by atoms with Crippen LogP contribution in [-0.4, -0.2) is 15.0 Å². The first-order chi connectivity index (χ1) is 8.53. The first kappa shape index (κ1) is 14.0. The van der Waals surface area contributed by atoms with Crippen LogP contribution in [0.15, 0.2) is 10.3 Å². The number of hydrogen-bond donors (Lipinski definition) is 2. The maximum atomic E-state index is 12.0. The molecule has 1 aliphatic carbocycles. The molecule has 18 heavy (non-hydrogen) atoms. The quantitative estimate of drug-likeness (QED) is 0.754. The van der Waals surface area contributed by atoms with Crippen LogP contribution >= 0.6 is 11.3 Å². The summed E-state index contributed by atoms with van der Waals surface area (Å²) in [6.45, 7) is 2.83. The molecule has 0 bridgehead atoms. The third kappa shape index (κ3) is 3.54. The normalized spacial score (nSPS) is 16.1. The lowest BCUT2D eigenvalue weighted by atomic mass is 10.2. The molecule has 0 spiro atoms. The summed E-state index contributed by atoms with van der Waals surface area (Å²) in [5, 5.41) is 0. The lowest BCUT2D eigenvalue weighted by molar-refractivity contribution is 0.574. The predicted octanol–water partition coefficient (Wildman–Crippen LogP) is 1.98. The van der Waals surface area contributed by atoms with Gasteiger partial charge in [-0.15, -0.1) is 11.3 Å². The molecule has 1 saturated carbocycles. The molecule has 1 aromatic heterocycles. The number of thiophene rings is 1. The Morgan fingerprint density at radius 1 is 1.50 bits per heavy atom. The minimum atomic E-state index is -3.34. The number of sulfonamides is 1. The molecule has 1 fully saturated rings. The average molecular weight is 288 g/mol. The summed E-state index contributed by atoms with van der Waals surface area (Å²) in [5.41, 5.74) is 6.52. The van der Waals surface area contributed by atoms with Gasteiger partial charge in [-0.05, 0) is 37.3 Å². The highest BCUT2D eigenvalue weighted by Crippen LogP contribution is 2.33. The van der Waals surface area contributed by atoms with Crippen molar-refractivity contribution in [3.8, 4) is 0 Å². The lowest BCUT2D eigenvalue weighted by Gasteiger charge is -2.03. The van der Waals surface area contributed by atoms with Gasteiger partial charge in [0.15, 0.2) is 0 Å². The van der Waals surface area contributed by atoms with Gasteiger partial charge in [0.1, 0.15) is 4.21 Å². The van der Waals surface area contributed by atoms with Crippen LogP contribution in [0.4, 0.5) is 0 Å². The van der Waals surface area contributed by atoms with Crippen molar-refractivity contribution in [2.75, 3.05) is 6.54 Å². The fourth-order valence-electron chi connectivity index (χ4n) is 1.90. The summed E-state index contributed by atoms with van der Waals surface area (Å²) < 4.78 is 27.1. The van der Waals surface area contributed by atoms with Gasteiger partial charge in [0.25, 0.3) is 0 Å². The third-order valence-electron chi connectivity index (χ3n) is 3.23. The number of aryl methyl sites for hydroxylation is 1. The molecule has 0 saturated heterocycles. The maximum absolute atomic E-state index is 12.0. The molecule has 0 radical (unpaired) electrons. The van der Waals surface area contributed by atoms with E-state index < -0.39 is 10.0 Å². The monoisotopic (exact) mass is 288 g/mol. The van der Waals surface area contributed by atoms with E-state index in [4.69, 9.17) is 5.73 Å². The SMILES string of the molecule is Cc1cc(S(=O)(=O)NCCCC2CC2)sc1CN. The van der Waals surface area contributed by atoms with E-state index in [1.807, 2.05) is 6.92 Å². The first-order valence-electron chi connectivity index (χ1n) is 6.32. The molecular weight excluding hydrogens is 268 g/mol. The third-order valence-corrected chi connectivity index (χ3v) is 6.42. The standard InChI is InChI=1S/C12H20N2O2S2/c1-9-7-12(17-11(9)8-13)18(15,16)14-6-2-3-10-4-5-10/h7,10,14H,2-6,8,13H2,1H3. The van der Waals surface area contributed by atoms with Crippen molar-refractivity contribution in [1.29, 1.82) is 0 Å². The Balaban J connectivity index is 1.91. The van der Waals surface area contributed by atoms with Gasteiger partial charge in [-0.3, -0.25) is 0 Å². The summed E-state index contributed by atoms with van der Waals surface area (Å²) in [6.07, 6.45) is 4.70. The molecule has 0 aromatic carbocycles. The molecule has 0 unspecified atom stereocenters. The van der Waals surface area contributed by atoms with Crippen LogP contribution in [0.1, 0.15) is 36.1 Å². The fourth-order valence-corrected chi connectivity index (χ4v) is 4.49. The van der Waals surface area contributed by atoms with E-state index in [9.17, 15) is 8.42 Å².